The van der Waals surface area contributed by atoms with Gasteiger partial charge < -0.3 is 15.5 Å². The van der Waals surface area contributed by atoms with E-state index in [1.54, 1.807) is 0 Å². The summed E-state index contributed by atoms with van der Waals surface area (Å²) in [5.74, 6) is 0. The van der Waals surface area contributed by atoms with Gasteiger partial charge in [0.05, 0.1) is 11.4 Å². The molecule has 1 aromatic rings. The molecule has 4 nitrogen and oxygen atoms in total. The predicted octanol–water partition coefficient (Wildman–Crippen LogP) is 0.389. The molecule has 1 fully saturated rings. The largest absolute Gasteiger partial charge is 0.368 e. The van der Waals surface area contributed by atoms with Crippen molar-refractivity contribution >= 4 is 5.69 Å². The van der Waals surface area contributed by atoms with Crippen molar-refractivity contribution in [2.24, 2.45) is 0 Å². The van der Waals surface area contributed by atoms with Crippen LogP contribution in [0.1, 0.15) is 5.69 Å². The third kappa shape index (κ3) is 2.93. The molecule has 16 heavy (non-hydrogen) atoms. The van der Waals surface area contributed by atoms with Crippen molar-refractivity contribution in [3.05, 3.63) is 24.0 Å². The fraction of sp³-hybridized carbons (Fsp3) is 0.583. The van der Waals surface area contributed by atoms with Gasteiger partial charge in [0, 0.05) is 45.5 Å². The summed E-state index contributed by atoms with van der Waals surface area (Å²) < 4.78 is 0. The lowest BCUT2D eigenvalue weighted by molar-refractivity contribution is 0.652. The summed E-state index contributed by atoms with van der Waals surface area (Å²) in [6.45, 7) is 8.36. The summed E-state index contributed by atoms with van der Waals surface area (Å²) in [6, 6.07) is 4.16. The van der Waals surface area contributed by atoms with E-state index in [9.17, 15) is 0 Å². The molecule has 1 aromatic heterocycles. The highest BCUT2D eigenvalue weighted by Gasteiger charge is 2.09. The zero-order chi connectivity index (χ0) is 11.2. The standard InChI is InChI=1S/C12H20N4/c1-11-12(3-2-4-15-11)16-9-7-13-5-6-14-8-10-16/h2-4,13-14H,5-10H2,1H3. The molecule has 0 amide bonds. The molecule has 0 spiro atoms. The highest BCUT2D eigenvalue weighted by atomic mass is 15.2. The summed E-state index contributed by atoms with van der Waals surface area (Å²) in [6.07, 6.45) is 1.85. The molecule has 1 saturated heterocycles. The van der Waals surface area contributed by atoms with E-state index in [-0.39, 0.29) is 0 Å². The molecule has 0 radical (unpaired) electrons. The second-order valence-electron chi connectivity index (χ2n) is 4.09. The molecule has 0 aliphatic carbocycles. The highest BCUT2D eigenvalue weighted by Crippen LogP contribution is 2.16. The first-order valence-electron chi connectivity index (χ1n) is 5.96. The summed E-state index contributed by atoms with van der Waals surface area (Å²) >= 11 is 0. The van der Waals surface area contributed by atoms with Crippen LogP contribution >= 0.6 is 0 Å². The molecule has 0 atom stereocenters. The van der Waals surface area contributed by atoms with E-state index < -0.39 is 0 Å². The Bertz CT molecular complexity index is 317. The Labute approximate surface area is 97.1 Å². The summed E-state index contributed by atoms with van der Waals surface area (Å²) in [5, 5.41) is 6.84. The fourth-order valence-corrected chi connectivity index (χ4v) is 2.02. The van der Waals surface area contributed by atoms with Gasteiger partial charge in [-0.05, 0) is 19.1 Å². The normalized spacial score (nSPS) is 18.7. The maximum absolute atomic E-state index is 4.35. The van der Waals surface area contributed by atoms with Gasteiger partial charge in [0.25, 0.3) is 0 Å². The van der Waals surface area contributed by atoms with E-state index in [2.05, 4.69) is 33.5 Å². The molecule has 88 valence electrons. The molecule has 0 unspecified atom stereocenters. The number of anilines is 1. The molecule has 0 bridgehead atoms. The van der Waals surface area contributed by atoms with Gasteiger partial charge in [-0.25, -0.2) is 0 Å². The van der Waals surface area contributed by atoms with Crippen LogP contribution in [0.25, 0.3) is 0 Å². The third-order valence-electron chi connectivity index (χ3n) is 2.92. The van der Waals surface area contributed by atoms with E-state index in [0.717, 1.165) is 45.0 Å². The number of aromatic nitrogens is 1. The first kappa shape index (κ1) is 11.4. The number of pyridine rings is 1. The molecule has 4 heteroatoms. The fourth-order valence-electron chi connectivity index (χ4n) is 2.02. The quantitative estimate of drug-likeness (QED) is 0.718. The van der Waals surface area contributed by atoms with Crippen LogP contribution in [0.5, 0.6) is 0 Å². The van der Waals surface area contributed by atoms with Crippen molar-refractivity contribution in [3.63, 3.8) is 0 Å². The van der Waals surface area contributed by atoms with E-state index >= 15 is 0 Å². The topological polar surface area (TPSA) is 40.2 Å². The molecule has 1 aliphatic rings. The molecular weight excluding hydrogens is 200 g/mol. The van der Waals surface area contributed by atoms with Gasteiger partial charge in [0.1, 0.15) is 0 Å². The van der Waals surface area contributed by atoms with Crippen molar-refractivity contribution < 1.29 is 0 Å². The van der Waals surface area contributed by atoms with Crippen LogP contribution in [0.4, 0.5) is 5.69 Å². The Hall–Kier alpha value is -1.13. The Morgan fingerprint density at radius 3 is 2.44 bits per heavy atom. The second kappa shape index (κ2) is 5.82. The summed E-state index contributed by atoms with van der Waals surface area (Å²) in [7, 11) is 0. The van der Waals surface area contributed by atoms with Crippen LogP contribution < -0.4 is 15.5 Å². The van der Waals surface area contributed by atoms with E-state index in [4.69, 9.17) is 0 Å². The predicted molar refractivity (Wildman–Crippen MR) is 66.9 cm³/mol. The van der Waals surface area contributed by atoms with Crippen molar-refractivity contribution in [1.29, 1.82) is 0 Å². The molecule has 0 aromatic carbocycles. The first-order valence-corrected chi connectivity index (χ1v) is 5.96. The van der Waals surface area contributed by atoms with Crippen molar-refractivity contribution in [3.8, 4) is 0 Å². The van der Waals surface area contributed by atoms with Gasteiger partial charge >= 0.3 is 0 Å². The zero-order valence-corrected chi connectivity index (χ0v) is 9.87. The minimum atomic E-state index is 1.04. The van der Waals surface area contributed by atoms with Gasteiger partial charge in [-0.15, -0.1) is 0 Å². The van der Waals surface area contributed by atoms with Gasteiger partial charge in [0.2, 0.25) is 0 Å². The van der Waals surface area contributed by atoms with Gasteiger partial charge in [-0.2, -0.15) is 0 Å². The average molecular weight is 220 g/mol. The Morgan fingerprint density at radius 1 is 1.12 bits per heavy atom. The van der Waals surface area contributed by atoms with Crippen molar-refractivity contribution in [2.75, 3.05) is 44.2 Å². The Morgan fingerprint density at radius 2 is 1.81 bits per heavy atom. The van der Waals surface area contributed by atoms with E-state index in [1.807, 2.05) is 12.3 Å². The van der Waals surface area contributed by atoms with Crippen LogP contribution in [-0.2, 0) is 0 Å². The highest BCUT2D eigenvalue weighted by molar-refractivity contribution is 5.49. The van der Waals surface area contributed by atoms with E-state index in [0.29, 0.717) is 0 Å². The third-order valence-corrected chi connectivity index (χ3v) is 2.92. The van der Waals surface area contributed by atoms with Crippen LogP contribution in [0, 0.1) is 6.92 Å². The number of hydrogen-bond donors (Lipinski definition) is 2. The van der Waals surface area contributed by atoms with Crippen molar-refractivity contribution in [1.82, 2.24) is 15.6 Å². The lowest BCUT2D eigenvalue weighted by atomic mass is 10.2. The van der Waals surface area contributed by atoms with Crippen molar-refractivity contribution in [2.45, 2.75) is 6.92 Å². The number of nitrogens with zero attached hydrogens (tertiary/aromatic N) is 2. The maximum atomic E-state index is 4.35. The lowest BCUT2D eigenvalue weighted by Gasteiger charge is -2.25. The minimum Gasteiger partial charge on any atom is -0.368 e. The number of nitrogens with one attached hydrogen (secondary N) is 2. The number of aryl methyl sites for hydroxylation is 1. The van der Waals surface area contributed by atoms with Crippen LogP contribution in [0.2, 0.25) is 0 Å². The number of hydrogen-bond acceptors (Lipinski definition) is 4. The average Bonchev–Trinajstić information content (AvgIpc) is 2.43. The smallest absolute Gasteiger partial charge is 0.0605 e. The summed E-state index contributed by atoms with van der Waals surface area (Å²) in [5.41, 5.74) is 2.37. The minimum absolute atomic E-state index is 1.04. The number of rotatable bonds is 1. The zero-order valence-electron chi connectivity index (χ0n) is 9.87. The van der Waals surface area contributed by atoms with Gasteiger partial charge in [0.15, 0.2) is 0 Å². The molecule has 2 rings (SSSR count). The van der Waals surface area contributed by atoms with E-state index in [1.165, 1.54) is 5.69 Å². The molecular formula is C12H20N4. The first-order chi connectivity index (χ1) is 7.88. The maximum Gasteiger partial charge on any atom is 0.0605 e. The summed E-state index contributed by atoms with van der Waals surface area (Å²) in [4.78, 5) is 6.75. The Kier molecular flexibility index (Phi) is 4.13. The van der Waals surface area contributed by atoms with Crippen LogP contribution in [-0.4, -0.2) is 44.3 Å². The SMILES string of the molecule is Cc1ncccc1N1CCNCCNCC1. The Balaban J connectivity index is 2.08. The second-order valence-corrected chi connectivity index (χ2v) is 4.09. The molecule has 1 aliphatic heterocycles. The molecule has 0 saturated carbocycles. The van der Waals surface area contributed by atoms with Crippen LogP contribution in [0.15, 0.2) is 18.3 Å². The van der Waals surface area contributed by atoms with Crippen LogP contribution in [0.3, 0.4) is 0 Å². The molecule has 2 heterocycles. The van der Waals surface area contributed by atoms with Gasteiger partial charge in [-0.3, -0.25) is 4.98 Å². The monoisotopic (exact) mass is 220 g/mol. The van der Waals surface area contributed by atoms with Gasteiger partial charge in [-0.1, -0.05) is 0 Å². The lowest BCUT2D eigenvalue weighted by Crippen LogP contribution is -2.34. The molecule has 2 N–H and O–H groups in total.